The largest absolute Gasteiger partial charge is 0.365 e. The average molecular weight is 283 g/mol. The number of nitrogens with zero attached hydrogens (tertiary/aromatic N) is 1. The Kier molecular flexibility index (Phi) is 1.78. The summed E-state index contributed by atoms with van der Waals surface area (Å²) in [6.45, 7) is 4.63. The van der Waals surface area contributed by atoms with Crippen LogP contribution in [0.15, 0.2) is 11.8 Å². The van der Waals surface area contributed by atoms with Gasteiger partial charge in [0, 0.05) is 24.2 Å². The van der Waals surface area contributed by atoms with Crippen molar-refractivity contribution < 1.29 is 0 Å². The summed E-state index contributed by atoms with van der Waals surface area (Å²) in [5, 5.41) is 3.84. The van der Waals surface area contributed by atoms with Gasteiger partial charge in [-0.2, -0.15) is 0 Å². The van der Waals surface area contributed by atoms with E-state index in [1.165, 1.54) is 25.0 Å². The van der Waals surface area contributed by atoms with Crippen LogP contribution in [0.5, 0.6) is 0 Å². The quantitative estimate of drug-likeness (QED) is 0.587. The van der Waals surface area contributed by atoms with Crippen molar-refractivity contribution in [2.45, 2.75) is 55.7 Å². The van der Waals surface area contributed by atoms with Gasteiger partial charge in [0.2, 0.25) is 0 Å². The fraction of sp³-hybridized carbons (Fsp3) is 0.846. The van der Waals surface area contributed by atoms with Gasteiger partial charge in [-0.1, -0.05) is 28.9 Å². The zero-order valence-electron chi connectivity index (χ0n) is 9.91. The lowest BCUT2D eigenvalue weighted by Gasteiger charge is -2.47. The second kappa shape index (κ2) is 2.86. The van der Waals surface area contributed by atoms with E-state index in [1.54, 1.807) is 0 Å². The summed E-state index contributed by atoms with van der Waals surface area (Å²) in [7, 11) is 0. The molecule has 6 unspecified atom stereocenters. The average Bonchev–Trinajstić information content (AvgIpc) is 3.09. The molecule has 3 heteroatoms. The van der Waals surface area contributed by atoms with Crippen LogP contribution in [0, 0.1) is 11.8 Å². The van der Waals surface area contributed by atoms with Crippen LogP contribution in [0.25, 0.3) is 0 Å². The Bertz CT molecular complexity index is 380. The molecule has 0 aromatic heterocycles. The molecule has 4 aliphatic rings. The van der Waals surface area contributed by atoms with Crippen LogP contribution in [0.1, 0.15) is 33.1 Å². The minimum absolute atomic E-state index is 0.237. The van der Waals surface area contributed by atoms with E-state index in [0.29, 0.717) is 12.1 Å². The fourth-order valence-electron chi connectivity index (χ4n) is 4.04. The fourth-order valence-corrected chi connectivity index (χ4v) is 4.86. The van der Waals surface area contributed by atoms with Crippen molar-refractivity contribution in [2.75, 3.05) is 0 Å². The molecule has 2 nitrogen and oxygen atoms in total. The van der Waals surface area contributed by atoms with Gasteiger partial charge >= 0.3 is 0 Å². The van der Waals surface area contributed by atoms with Gasteiger partial charge in [0.05, 0.1) is 10.5 Å². The molecule has 4 rings (SSSR count). The monoisotopic (exact) mass is 282 g/mol. The van der Waals surface area contributed by atoms with Gasteiger partial charge < -0.3 is 4.90 Å². The number of hydrogen-bond acceptors (Lipinski definition) is 2. The van der Waals surface area contributed by atoms with Crippen LogP contribution in [0.2, 0.25) is 0 Å². The molecule has 6 atom stereocenters. The first-order valence-electron chi connectivity index (χ1n) is 6.57. The molecule has 0 amide bonds. The summed E-state index contributed by atoms with van der Waals surface area (Å²) in [6.07, 6.45) is 6.46. The van der Waals surface area contributed by atoms with Crippen molar-refractivity contribution in [1.82, 2.24) is 10.2 Å². The van der Waals surface area contributed by atoms with E-state index in [-0.39, 0.29) is 4.45 Å². The molecule has 2 aliphatic heterocycles. The van der Waals surface area contributed by atoms with Crippen LogP contribution >= 0.6 is 15.9 Å². The van der Waals surface area contributed by atoms with E-state index in [1.807, 2.05) is 0 Å². The molecule has 0 aromatic rings. The first kappa shape index (κ1) is 9.95. The maximum Gasteiger partial charge on any atom is 0.0972 e. The van der Waals surface area contributed by atoms with E-state index in [0.717, 1.165) is 17.9 Å². The van der Waals surface area contributed by atoms with Crippen molar-refractivity contribution >= 4 is 15.9 Å². The lowest BCUT2D eigenvalue weighted by atomic mass is 9.92. The van der Waals surface area contributed by atoms with E-state index in [9.17, 15) is 0 Å². The third kappa shape index (κ3) is 1.11. The van der Waals surface area contributed by atoms with Crippen LogP contribution in [0.3, 0.4) is 0 Å². The highest BCUT2D eigenvalue weighted by Gasteiger charge is 2.66. The smallest absolute Gasteiger partial charge is 0.0972 e. The maximum atomic E-state index is 3.89. The van der Waals surface area contributed by atoms with Crippen LogP contribution < -0.4 is 5.32 Å². The third-order valence-electron chi connectivity index (χ3n) is 4.99. The molecule has 3 fully saturated rings. The molecule has 16 heavy (non-hydrogen) atoms. The van der Waals surface area contributed by atoms with Gasteiger partial charge in [-0.25, -0.2) is 0 Å². The van der Waals surface area contributed by atoms with Crippen molar-refractivity contribution in [3.8, 4) is 0 Å². The number of alkyl halides is 1. The molecule has 0 radical (unpaired) electrons. The third-order valence-corrected chi connectivity index (χ3v) is 6.07. The van der Waals surface area contributed by atoms with Crippen molar-refractivity contribution in [3.05, 3.63) is 11.8 Å². The molecule has 88 valence electrons. The zero-order valence-corrected chi connectivity index (χ0v) is 11.5. The molecule has 0 aromatic carbocycles. The second-order valence-electron chi connectivity index (χ2n) is 6.01. The molecular weight excluding hydrogens is 264 g/mol. The number of halogens is 1. The van der Waals surface area contributed by atoms with Gasteiger partial charge in [0.1, 0.15) is 0 Å². The number of rotatable bonds is 1. The Hall–Kier alpha value is -0.0200. The van der Waals surface area contributed by atoms with Crippen LogP contribution in [-0.4, -0.2) is 27.5 Å². The Balaban J connectivity index is 1.74. The Labute approximate surface area is 106 Å². The molecule has 0 bridgehead atoms. The summed E-state index contributed by atoms with van der Waals surface area (Å²) < 4.78 is 0.237. The summed E-state index contributed by atoms with van der Waals surface area (Å²) >= 11 is 3.89. The van der Waals surface area contributed by atoms with E-state index >= 15 is 0 Å². The maximum absolute atomic E-state index is 3.89. The number of nitrogens with one attached hydrogen (secondary N) is 1. The van der Waals surface area contributed by atoms with E-state index < -0.39 is 0 Å². The summed E-state index contributed by atoms with van der Waals surface area (Å²) in [4.78, 5) is 2.73. The number of fused-ring (bicyclic) bond motifs is 5. The summed E-state index contributed by atoms with van der Waals surface area (Å²) in [5.41, 5.74) is 1.54. The van der Waals surface area contributed by atoms with Gasteiger partial charge in [-0.15, -0.1) is 0 Å². The molecule has 1 N–H and O–H groups in total. The highest BCUT2D eigenvalue weighted by molar-refractivity contribution is 9.10. The number of allylic oxidation sites excluding steroid dienone is 2. The summed E-state index contributed by atoms with van der Waals surface area (Å²) in [5.74, 6) is 1.84. The lowest BCUT2D eigenvalue weighted by Crippen LogP contribution is -2.61. The summed E-state index contributed by atoms with van der Waals surface area (Å²) in [6, 6.07) is 2.16. The van der Waals surface area contributed by atoms with E-state index in [2.05, 4.69) is 46.1 Å². The molecule has 2 saturated carbocycles. The lowest BCUT2D eigenvalue weighted by molar-refractivity contribution is 0.114. The molecular formula is C13H19BrN2. The first-order chi connectivity index (χ1) is 7.64. The highest BCUT2D eigenvalue weighted by atomic mass is 79.9. The predicted octanol–water partition coefficient (Wildman–Crippen LogP) is 2.46. The molecule has 2 aliphatic carbocycles. The number of piperazine rings is 1. The Morgan fingerprint density at radius 3 is 3.19 bits per heavy atom. The normalized spacial score (nSPS) is 57.1. The second-order valence-corrected chi connectivity index (χ2v) is 7.43. The predicted molar refractivity (Wildman–Crippen MR) is 68.3 cm³/mol. The van der Waals surface area contributed by atoms with E-state index in [4.69, 9.17) is 0 Å². The van der Waals surface area contributed by atoms with Gasteiger partial charge in [-0.3, -0.25) is 5.32 Å². The van der Waals surface area contributed by atoms with Crippen LogP contribution in [0.4, 0.5) is 0 Å². The molecule has 0 spiro atoms. The SMILES string of the molecule is CCC1NC2(Br)CC2N2C(C)=CC3CC3C12. The Morgan fingerprint density at radius 2 is 2.44 bits per heavy atom. The standard InChI is InChI=1S/C13H19BrN2/c1-3-10-12-9-5-8(9)4-7(2)16(12)11-6-13(11,14)15-10/h4,8-12,15H,3,5-6H2,1-2H3. The van der Waals surface area contributed by atoms with Crippen molar-refractivity contribution in [2.24, 2.45) is 11.8 Å². The molecule has 2 heterocycles. The Morgan fingerprint density at radius 1 is 1.62 bits per heavy atom. The van der Waals surface area contributed by atoms with Gasteiger partial charge in [0.15, 0.2) is 0 Å². The molecule has 1 saturated heterocycles. The van der Waals surface area contributed by atoms with Gasteiger partial charge in [0.25, 0.3) is 0 Å². The van der Waals surface area contributed by atoms with Crippen molar-refractivity contribution in [1.29, 1.82) is 0 Å². The topological polar surface area (TPSA) is 15.3 Å². The highest BCUT2D eigenvalue weighted by Crippen LogP contribution is 2.59. The van der Waals surface area contributed by atoms with Crippen LogP contribution in [-0.2, 0) is 0 Å². The minimum atomic E-state index is 0.237. The van der Waals surface area contributed by atoms with Crippen molar-refractivity contribution in [3.63, 3.8) is 0 Å². The van der Waals surface area contributed by atoms with Gasteiger partial charge in [-0.05, 0) is 31.6 Å². The number of hydrogen-bond donors (Lipinski definition) is 1. The minimum Gasteiger partial charge on any atom is -0.365 e. The first-order valence-corrected chi connectivity index (χ1v) is 7.36. The zero-order chi connectivity index (χ0) is 11.1.